The summed E-state index contributed by atoms with van der Waals surface area (Å²) in [5, 5.41) is 7.89. The standard InChI is InChI=1S/C15H16N4O2S/c1-10-4-2-3-5-11(10)12-13(20)16-6-8-19(12)15(21)18-14-17-7-9-22-14/h2-5,7,9,12H,6,8H2,1H3,(H,16,20)(H,17,18,21). The number of nitrogens with one attached hydrogen (secondary N) is 2. The normalized spacial score (nSPS) is 18.0. The van der Waals surface area contributed by atoms with Crippen LogP contribution in [0, 0.1) is 6.92 Å². The molecule has 1 aliphatic heterocycles. The third-order valence-corrected chi connectivity index (χ3v) is 4.29. The van der Waals surface area contributed by atoms with Crippen LogP contribution in [0.2, 0.25) is 0 Å². The minimum Gasteiger partial charge on any atom is -0.352 e. The van der Waals surface area contributed by atoms with Crippen LogP contribution in [0.4, 0.5) is 9.93 Å². The van der Waals surface area contributed by atoms with Crippen LogP contribution in [0.15, 0.2) is 35.8 Å². The number of aryl methyl sites for hydroxylation is 1. The number of thiazole rings is 1. The van der Waals surface area contributed by atoms with Crippen molar-refractivity contribution in [3.05, 3.63) is 47.0 Å². The first-order chi connectivity index (χ1) is 10.7. The minimum absolute atomic E-state index is 0.158. The number of anilines is 1. The number of piperazine rings is 1. The van der Waals surface area contributed by atoms with Crippen molar-refractivity contribution < 1.29 is 9.59 Å². The van der Waals surface area contributed by atoms with Crippen molar-refractivity contribution in [2.24, 2.45) is 0 Å². The zero-order valence-electron chi connectivity index (χ0n) is 12.1. The van der Waals surface area contributed by atoms with E-state index in [9.17, 15) is 9.59 Å². The predicted molar refractivity (Wildman–Crippen MR) is 84.8 cm³/mol. The Hall–Kier alpha value is -2.41. The number of hydrogen-bond donors (Lipinski definition) is 2. The van der Waals surface area contributed by atoms with Crippen molar-refractivity contribution in [3.63, 3.8) is 0 Å². The van der Waals surface area contributed by atoms with Crippen LogP contribution in [0.3, 0.4) is 0 Å². The van der Waals surface area contributed by atoms with E-state index in [4.69, 9.17) is 0 Å². The maximum Gasteiger partial charge on any atom is 0.324 e. The number of benzene rings is 1. The Bertz CT molecular complexity index is 687. The molecule has 1 atom stereocenters. The monoisotopic (exact) mass is 316 g/mol. The molecule has 22 heavy (non-hydrogen) atoms. The molecule has 2 heterocycles. The molecule has 1 aliphatic rings. The van der Waals surface area contributed by atoms with Gasteiger partial charge in [-0.25, -0.2) is 9.78 Å². The van der Waals surface area contributed by atoms with Crippen molar-refractivity contribution in [2.75, 3.05) is 18.4 Å². The zero-order chi connectivity index (χ0) is 15.5. The first-order valence-electron chi connectivity index (χ1n) is 6.97. The molecular formula is C15H16N4O2S. The van der Waals surface area contributed by atoms with Gasteiger partial charge in [0.25, 0.3) is 0 Å². The summed E-state index contributed by atoms with van der Waals surface area (Å²) in [7, 11) is 0. The van der Waals surface area contributed by atoms with E-state index in [0.717, 1.165) is 11.1 Å². The summed E-state index contributed by atoms with van der Waals surface area (Å²) in [5.74, 6) is -0.158. The lowest BCUT2D eigenvalue weighted by Crippen LogP contribution is -2.53. The highest BCUT2D eigenvalue weighted by Crippen LogP contribution is 2.27. The summed E-state index contributed by atoms with van der Waals surface area (Å²) in [4.78, 5) is 30.4. The highest BCUT2D eigenvalue weighted by atomic mass is 32.1. The van der Waals surface area contributed by atoms with Gasteiger partial charge in [0.05, 0.1) is 0 Å². The van der Waals surface area contributed by atoms with E-state index >= 15 is 0 Å². The molecule has 0 saturated carbocycles. The SMILES string of the molecule is Cc1ccccc1C1C(=O)NCCN1C(=O)Nc1nccs1. The van der Waals surface area contributed by atoms with Gasteiger partial charge in [-0.15, -0.1) is 11.3 Å². The van der Waals surface area contributed by atoms with Crippen molar-refractivity contribution >= 4 is 28.4 Å². The van der Waals surface area contributed by atoms with Gasteiger partial charge in [0.1, 0.15) is 6.04 Å². The highest BCUT2D eigenvalue weighted by Gasteiger charge is 2.35. The van der Waals surface area contributed by atoms with Crippen LogP contribution in [0.25, 0.3) is 0 Å². The average Bonchev–Trinajstić information content (AvgIpc) is 3.01. The van der Waals surface area contributed by atoms with Crippen molar-refractivity contribution in [1.82, 2.24) is 15.2 Å². The second-order valence-electron chi connectivity index (χ2n) is 5.01. The molecule has 6 nitrogen and oxygen atoms in total. The van der Waals surface area contributed by atoms with E-state index in [1.165, 1.54) is 11.3 Å². The lowest BCUT2D eigenvalue weighted by Gasteiger charge is -2.35. The summed E-state index contributed by atoms with van der Waals surface area (Å²) in [6.07, 6.45) is 1.63. The molecule has 114 valence electrons. The van der Waals surface area contributed by atoms with Gasteiger partial charge in [-0.3, -0.25) is 10.1 Å². The van der Waals surface area contributed by atoms with Gasteiger partial charge in [0, 0.05) is 24.7 Å². The maximum absolute atomic E-state index is 12.5. The topological polar surface area (TPSA) is 74.3 Å². The number of rotatable bonds is 2. The fourth-order valence-corrected chi connectivity index (χ4v) is 3.06. The van der Waals surface area contributed by atoms with Crippen LogP contribution >= 0.6 is 11.3 Å². The van der Waals surface area contributed by atoms with Crippen LogP contribution in [-0.4, -0.2) is 34.9 Å². The van der Waals surface area contributed by atoms with Crippen molar-refractivity contribution in [3.8, 4) is 0 Å². The molecule has 3 amide bonds. The molecule has 1 aromatic carbocycles. The first kappa shape index (κ1) is 14.5. The molecule has 0 radical (unpaired) electrons. The Morgan fingerprint density at radius 1 is 1.45 bits per heavy atom. The first-order valence-corrected chi connectivity index (χ1v) is 7.85. The van der Waals surface area contributed by atoms with E-state index in [0.29, 0.717) is 18.2 Å². The van der Waals surface area contributed by atoms with E-state index in [1.807, 2.05) is 31.2 Å². The summed E-state index contributed by atoms with van der Waals surface area (Å²) >= 11 is 1.35. The summed E-state index contributed by atoms with van der Waals surface area (Å²) in [5.41, 5.74) is 1.82. The number of urea groups is 1. The van der Waals surface area contributed by atoms with Crippen molar-refractivity contribution in [1.29, 1.82) is 0 Å². The molecule has 1 unspecified atom stereocenters. The van der Waals surface area contributed by atoms with Gasteiger partial charge in [-0.1, -0.05) is 24.3 Å². The van der Waals surface area contributed by atoms with Crippen LogP contribution in [0.1, 0.15) is 17.2 Å². The van der Waals surface area contributed by atoms with Gasteiger partial charge in [0.15, 0.2) is 5.13 Å². The van der Waals surface area contributed by atoms with Crippen LogP contribution in [0.5, 0.6) is 0 Å². The maximum atomic E-state index is 12.5. The van der Waals surface area contributed by atoms with Gasteiger partial charge in [0.2, 0.25) is 5.91 Å². The fraction of sp³-hybridized carbons (Fsp3) is 0.267. The molecule has 7 heteroatoms. The lowest BCUT2D eigenvalue weighted by atomic mass is 9.98. The Labute approximate surface area is 132 Å². The van der Waals surface area contributed by atoms with Crippen molar-refractivity contribution in [2.45, 2.75) is 13.0 Å². The number of amides is 3. The van der Waals surface area contributed by atoms with E-state index in [2.05, 4.69) is 15.6 Å². The third kappa shape index (κ3) is 2.80. The summed E-state index contributed by atoms with van der Waals surface area (Å²) in [6, 6.07) is 6.69. The van der Waals surface area contributed by atoms with Crippen LogP contribution in [-0.2, 0) is 4.79 Å². The fourth-order valence-electron chi connectivity index (χ4n) is 2.54. The lowest BCUT2D eigenvalue weighted by molar-refractivity contribution is -0.127. The molecule has 1 fully saturated rings. The number of carbonyl (C=O) groups is 2. The van der Waals surface area contributed by atoms with E-state index in [1.54, 1.807) is 16.5 Å². The second-order valence-corrected chi connectivity index (χ2v) is 5.91. The smallest absolute Gasteiger partial charge is 0.324 e. The third-order valence-electron chi connectivity index (χ3n) is 3.60. The van der Waals surface area contributed by atoms with E-state index in [-0.39, 0.29) is 11.9 Å². The molecule has 0 spiro atoms. The van der Waals surface area contributed by atoms with Gasteiger partial charge in [-0.2, -0.15) is 0 Å². The van der Waals surface area contributed by atoms with Gasteiger partial charge >= 0.3 is 6.03 Å². The minimum atomic E-state index is -0.616. The Morgan fingerprint density at radius 2 is 2.27 bits per heavy atom. The largest absolute Gasteiger partial charge is 0.352 e. The van der Waals surface area contributed by atoms with Gasteiger partial charge < -0.3 is 10.2 Å². The molecule has 1 saturated heterocycles. The molecule has 0 aliphatic carbocycles. The Balaban J connectivity index is 1.88. The molecule has 2 aromatic rings. The summed E-state index contributed by atoms with van der Waals surface area (Å²) < 4.78 is 0. The average molecular weight is 316 g/mol. The van der Waals surface area contributed by atoms with Gasteiger partial charge in [-0.05, 0) is 18.1 Å². The molecule has 1 aromatic heterocycles. The zero-order valence-corrected chi connectivity index (χ0v) is 12.9. The molecular weight excluding hydrogens is 300 g/mol. The number of carbonyl (C=O) groups excluding carboxylic acids is 2. The Morgan fingerprint density at radius 3 is 3.00 bits per heavy atom. The quantitative estimate of drug-likeness (QED) is 0.891. The molecule has 0 bridgehead atoms. The number of nitrogens with zero attached hydrogens (tertiary/aromatic N) is 2. The molecule has 2 N–H and O–H groups in total. The number of aromatic nitrogens is 1. The second kappa shape index (κ2) is 6.15. The highest BCUT2D eigenvalue weighted by molar-refractivity contribution is 7.13. The summed E-state index contributed by atoms with van der Waals surface area (Å²) in [6.45, 7) is 2.85. The number of hydrogen-bond acceptors (Lipinski definition) is 4. The Kier molecular flexibility index (Phi) is 4.06. The van der Waals surface area contributed by atoms with E-state index < -0.39 is 6.04 Å². The van der Waals surface area contributed by atoms with Crippen LogP contribution < -0.4 is 10.6 Å². The predicted octanol–water partition coefficient (Wildman–Crippen LogP) is 2.16. The molecule has 3 rings (SSSR count).